The molecule has 1 N–H and O–H groups in total. The first kappa shape index (κ1) is 9.89. The predicted molar refractivity (Wildman–Crippen MR) is 56.1 cm³/mol. The molecular formula is C10H13N3O2. The van der Waals surface area contributed by atoms with Crippen molar-refractivity contribution in [2.75, 3.05) is 12.4 Å². The third-order valence-corrected chi connectivity index (χ3v) is 2.76. The van der Waals surface area contributed by atoms with Gasteiger partial charge in [-0.25, -0.2) is 4.98 Å². The molecule has 0 amide bonds. The highest BCUT2D eigenvalue weighted by Crippen LogP contribution is 2.23. The van der Waals surface area contributed by atoms with Gasteiger partial charge >= 0.3 is 0 Å². The number of hydrogen-bond acceptors (Lipinski definition) is 4. The molecule has 1 atom stereocenters. The van der Waals surface area contributed by atoms with Crippen LogP contribution in [0, 0.1) is 0 Å². The fraction of sp³-hybridized carbons (Fsp3) is 0.500. The summed E-state index contributed by atoms with van der Waals surface area (Å²) in [7, 11) is 1.67. The molecule has 1 aliphatic rings. The van der Waals surface area contributed by atoms with Crippen molar-refractivity contribution in [2.45, 2.75) is 25.8 Å². The molecule has 0 radical (unpaired) electrons. The second-order valence-corrected chi connectivity index (χ2v) is 3.68. The minimum Gasteiger partial charge on any atom is -0.382 e. The normalized spacial score (nSPS) is 18.7. The lowest BCUT2D eigenvalue weighted by atomic mass is 10.1. The maximum atomic E-state index is 11.9. The van der Waals surface area contributed by atoms with Crippen molar-refractivity contribution in [1.29, 1.82) is 0 Å². The van der Waals surface area contributed by atoms with Crippen molar-refractivity contribution in [2.24, 2.45) is 0 Å². The molecule has 0 spiro atoms. The Bertz CT molecular complexity index is 464. The molecule has 80 valence electrons. The summed E-state index contributed by atoms with van der Waals surface area (Å²) in [6.45, 7) is 1.51. The SMILES string of the molecule is CNc1cnc2n(c1=O)C(C(C)=O)CC2. The Labute approximate surface area is 87.1 Å². The molecule has 1 aliphatic heterocycles. The van der Waals surface area contributed by atoms with Gasteiger partial charge in [0.05, 0.1) is 12.2 Å². The summed E-state index contributed by atoms with van der Waals surface area (Å²) in [5.41, 5.74) is 0.284. The van der Waals surface area contributed by atoms with Gasteiger partial charge in [-0.1, -0.05) is 0 Å². The van der Waals surface area contributed by atoms with Crippen LogP contribution in [0.15, 0.2) is 11.0 Å². The zero-order valence-electron chi connectivity index (χ0n) is 8.78. The van der Waals surface area contributed by atoms with Gasteiger partial charge in [-0.3, -0.25) is 14.2 Å². The van der Waals surface area contributed by atoms with Gasteiger partial charge in [0.2, 0.25) is 0 Å². The summed E-state index contributed by atoms with van der Waals surface area (Å²) < 4.78 is 1.51. The predicted octanol–water partition coefficient (Wildman–Crippen LogP) is 0.361. The van der Waals surface area contributed by atoms with Gasteiger partial charge in [0.15, 0.2) is 5.78 Å². The van der Waals surface area contributed by atoms with E-state index in [9.17, 15) is 9.59 Å². The van der Waals surface area contributed by atoms with E-state index in [2.05, 4.69) is 10.3 Å². The van der Waals surface area contributed by atoms with Crippen LogP contribution in [0.25, 0.3) is 0 Å². The van der Waals surface area contributed by atoms with E-state index in [1.807, 2.05) is 0 Å². The monoisotopic (exact) mass is 207 g/mol. The quantitative estimate of drug-likeness (QED) is 0.760. The Balaban J connectivity index is 2.60. The van der Waals surface area contributed by atoms with Crippen molar-refractivity contribution in [1.82, 2.24) is 9.55 Å². The Morgan fingerprint density at radius 2 is 2.40 bits per heavy atom. The number of rotatable bonds is 2. The van der Waals surface area contributed by atoms with Gasteiger partial charge in [-0.15, -0.1) is 0 Å². The molecule has 0 bridgehead atoms. The van der Waals surface area contributed by atoms with Crippen LogP contribution in [0.1, 0.15) is 25.2 Å². The number of aromatic nitrogens is 2. The molecule has 2 rings (SSSR count). The molecule has 1 aromatic heterocycles. The number of fused-ring (bicyclic) bond motifs is 1. The summed E-state index contributed by atoms with van der Waals surface area (Å²) >= 11 is 0. The van der Waals surface area contributed by atoms with Crippen LogP contribution in [0.4, 0.5) is 5.69 Å². The molecule has 15 heavy (non-hydrogen) atoms. The van der Waals surface area contributed by atoms with Crippen LogP contribution in [-0.2, 0) is 11.2 Å². The number of Topliss-reactive ketones (excluding diaryl/α,β-unsaturated/α-hetero) is 1. The number of carbonyl (C=O) groups is 1. The second-order valence-electron chi connectivity index (χ2n) is 3.68. The van der Waals surface area contributed by atoms with Crippen LogP contribution >= 0.6 is 0 Å². The van der Waals surface area contributed by atoms with Crippen LogP contribution in [0.2, 0.25) is 0 Å². The van der Waals surface area contributed by atoms with Crippen molar-refractivity contribution in [3.8, 4) is 0 Å². The highest BCUT2D eigenvalue weighted by atomic mass is 16.1. The number of ketones is 1. The third-order valence-electron chi connectivity index (χ3n) is 2.76. The van der Waals surface area contributed by atoms with Crippen molar-refractivity contribution in [3.05, 3.63) is 22.4 Å². The molecule has 0 saturated carbocycles. The molecule has 5 nitrogen and oxygen atoms in total. The molecule has 0 aliphatic carbocycles. The molecule has 0 saturated heterocycles. The second kappa shape index (κ2) is 3.49. The summed E-state index contributed by atoms with van der Waals surface area (Å²) in [5.74, 6) is 0.727. The Morgan fingerprint density at radius 1 is 1.67 bits per heavy atom. The summed E-state index contributed by atoms with van der Waals surface area (Å²) in [4.78, 5) is 27.4. The third kappa shape index (κ3) is 1.44. The first-order valence-electron chi connectivity index (χ1n) is 4.93. The van der Waals surface area contributed by atoms with E-state index in [0.29, 0.717) is 24.4 Å². The molecule has 0 aromatic carbocycles. The smallest absolute Gasteiger partial charge is 0.277 e. The summed E-state index contributed by atoms with van der Waals surface area (Å²) in [5, 5.41) is 2.78. The zero-order valence-corrected chi connectivity index (χ0v) is 8.78. The number of aryl methyl sites for hydroxylation is 1. The fourth-order valence-electron chi connectivity index (χ4n) is 1.96. The fourth-order valence-corrected chi connectivity index (χ4v) is 1.96. The van der Waals surface area contributed by atoms with Gasteiger partial charge in [0.25, 0.3) is 5.56 Å². The lowest BCUT2D eigenvalue weighted by molar-refractivity contribution is -0.119. The minimum atomic E-state index is -0.326. The van der Waals surface area contributed by atoms with Gasteiger partial charge in [-0.05, 0) is 13.3 Å². The molecule has 0 fully saturated rings. The van der Waals surface area contributed by atoms with Crippen molar-refractivity contribution >= 4 is 11.5 Å². The number of nitrogens with one attached hydrogen (secondary N) is 1. The van der Waals surface area contributed by atoms with E-state index in [1.165, 1.54) is 17.7 Å². The van der Waals surface area contributed by atoms with Crippen LogP contribution in [0.3, 0.4) is 0 Å². The largest absolute Gasteiger partial charge is 0.382 e. The summed E-state index contributed by atoms with van der Waals surface area (Å²) in [6, 6.07) is -0.326. The lowest BCUT2D eigenvalue weighted by Crippen LogP contribution is -2.28. The maximum Gasteiger partial charge on any atom is 0.277 e. The van der Waals surface area contributed by atoms with E-state index >= 15 is 0 Å². The number of anilines is 1. The van der Waals surface area contributed by atoms with Gasteiger partial charge in [0, 0.05) is 13.5 Å². The van der Waals surface area contributed by atoms with Crippen molar-refractivity contribution in [3.63, 3.8) is 0 Å². The number of carbonyl (C=O) groups excluding carboxylic acids is 1. The van der Waals surface area contributed by atoms with E-state index in [4.69, 9.17) is 0 Å². The first-order chi connectivity index (χ1) is 7.15. The van der Waals surface area contributed by atoms with Gasteiger partial charge in [-0.2, -0.15) is 0 Å². The molecule has 2 heterocycles. The Kier molecular flexibility index (Phi) is 2.30. The van der Waals surface area contributed by atoms with Gasteiger partial charge < -0.3 is 5.32 Å². The zero-order chi connectivity index (χ0) is 11.0. The number of hydrogen-bond donors (Lipinski definition) is 1. The topological polar surface area (TPSA) is 64.0 Å². The lowest BCUT2D eigenvalue weighted by Gasteiger charge is -2.11. The minimum absolute atomic E-state index is 0.0194. The van der Waals surface area contributed by atoms with E-state index < -0.39 is 0 Å². The average Bonchev–Trinajstić information content (AvgIpc) is 2.63. The highest BCUT2D eigenvalue weighted by Gasteiger charge is 2.28. The maximum absolute atomic E-state index is 11.9. The van der Waals surface area contributed by atoms with Crippen molar-refractivity contribution < 1.29 is 4.79 Å². The van der Waals surface area contributed by atoms with E-state index in [-0.39, 0.29) is 17.4 Å². The molecule has 1 unspecified atom stereocenters. The Hall–Kier alpha value is -1.65. The van der Waals surface area contributed by atoms with E-state index in [1.54, 1.807) is 7.05 Å². The number of nitrogens with zero attached hydrogens (tertiary/aromatic N) is 2. The molecule has 5 heteroatoms. The molecule has 1 aromatic rings. The summed E-state index contributed by atoms with van der Waals surface area (Å²) in [6.07, 6.45) is 2.91. The average molecular weight is 207 g/mol. The van der Waals surface area contributed by atoms with Gasteiger partial charge in [0.1, 0.15) is 11.5 Å². The first-order valence-corrected chi connectivity index (χ1v) is 4.93. The van der Waals surface area contributed by atoms with Crippen LogP contribution in [0.5, 0.6) is 0 Å². The Morgan fingerprint density at radius 3 is 3.00 bits per heavy atom. The standard InChI is InChI=1S/C10H13N3O2/c1-6(14)8-3-4-9-12-5-7(11-2)10(15)13(8)9/h5,8,11H,3-4H2,1-2H3. The van der Waals surface area contributed by atoms with E-state index in [0.717, 1.165) is 0 Å². The highest BCUT2D eigenvalue weighted by molar-refractivity contribution is 5.80. The van der Waals surface area contributed by atoms with Crippen LogP contribution < -0.4 is 10.9 Å². The molecular weight excluding hydrogens is 194 g/mol. The van der Waals surface area contributed by atoms with Crippen LogP contribution in [-0.4, -0.2) is 22.4 Å².